The van der Waals surface area contributed by atoms with Gasteiger partial charge in [-0.25, -0.2) is 0 Å². The molecule has 3 heteroatoms. The maximum Gasteiger partial charge on any atom is 0.0831 e. The molecule has 1 heterocycles. The Labute approximate surface area is 116 Å². The molecule has 1 N–H and O–H groups in total. The summed E-state index contributed by atoms with van der Waals surface area (Å²) in [6, 6.07) is 11.0. The third-order valence-electron chi connectivity index (χ3n) is 3.61. The summed E-state index contributed by atoms with van der Waals surface area (Å²) >= 11 is 0. The van der Waals surface area contributed by atoms with Crippen LogP contribution in [-0.2, 0) is 9.47 Å². The van der Waals surface area contributed by atoms with Crippen molar-refractivity contribution in [1.29, 1.82) is 0 Å². The lowest BCUT2D eigenvalue weighted by Crippen LogP contribution is -2.34. The van der Waals surface area contributed by atoms with Gasteiger partial charge in [0.05, 0.1) is 19.3 Å². The Hall–Kier alpha value is -0.900. The third-order valence-corrected chi connectivity index (χ3v) is 3.61. The summed E-state index contributed by atoms with van der Waals surface area (Å²) in [7, 11) is 0. The fraction of sp³-hybridized carbons (Fsp3) is 0.625. The van der Waals surface area contributed by atoms with Gasteiger partial charge in [-0.15, -0.1) is 0 Å². The summed E-state index contributed by atoms with van der Waals surface area (Å²) in [4.78, 5) is 0. The molecular weight excluding hydrogens is 238 g/mol. The van der Waals surface area contributed by atoms with Crippen LogP contribution in [0, 0.1) is 0 Å². The van der Waals surface area contributed by atoms with Crippen LogP contribution in [0.4, 0.5) is 0 Å². The predicted molar refractivity (Wildman–Crippen MR) is 77.5 cm³/mol. The maximum atomic E-state index is 5.82. The van der Waals surface area contributed by atoms with Crippen molar-refractivity contribution in [2.24, 2.45) is 0 Å². The summed E-state index contributed by atoms with van der Waals surface area (Å²) in [5, 5.41) is 3.54. The number of nitrogens with one attached hydrogen (secondary N) is 1. The second-order valence-corrected chi connectivity index (χ2v) is 5.44. The Morgan fingerprint density at radius 2 is 2.11 bits per heavy atom. The van der Waals surface area contributed by atoms with Crippen LogP contribution in [0.5, 0.6) is 0 Å². The van der Waals surface area contributed by atoms with Gasteiger partial charge in [0.25, 0.3) is 0 Å². The number of benzene rings is 1. The predicted octanol–water partition coefficient (Wildman–Crippen LogP) is 2.57. The lowest BCUT2D eigenvalue weighted by Gasteiger charge is -2.19. The van der Waals surface area contributed by atoms with Crippen molar-refractivity contribution >= 4 is 0 Å². The van der Waals surface area contributed by atoms with Gasteiger partial charge in [-0.2, -0.15) is 0 Å². The first kappa shape index (κ1) is 14.5. The van der Waals surface area contributed by atoms with Crippen LogP contribution in [0.1, 0.15) is 31.7 Å². The van der Waals surface area contributed by atoms with Gasteiger partial charge in [0.1, 0.15) is 0 Å². The Morgan fingerprint density at radius 1 is 1.32 bits per heavy atom. The van der Waals surface area contributed by atoms with Gasteiger partial charge >= 0.3 is 0 Å². The zero-order valence-corrected chi connectivity index (χ0v) is 12.0. The lowest BCUT2D eigenvalue weighted by atomic mass is 10.0. The molecule has 0 unspecified atom stereocenters. The van der Waals surface area contributed by atoms with Crippen LogP contribution < -0.4 is 5.32 Å². The van der Waals surface area contributed by atoms with Crippen LogP contribution >= 0.6 is 0 Å². The largest absolute Gasteiger partial charge is 0.379 e. The van der Waals surface area contributed by atoms with E-state index in [-0.39, 0.29) is 0 Å². The molecule has 1 aromatic carbocycles. The van der Waals surface area contributed by atoms with Gasteiger partial charge in [-0.05, 0) is 24.8 Å². The summed E-state index contributed by atoms with van der Waals surface area (Å²) in [6.45, 7) is 7.77. The lowest BCUT2D eigenvalue weighted by molar-refractivity contribution is 0.0323. The molecule has 0 amide bonds. The second kappa shape index (κ2) is 7.63. The summed E-state index contributed by atoms with van der Waals surface area (Å²) in [5.41, 5.74) is 1.38. The number of hydrogen-bond acceptors (Lipinski definition) is 3. The average Bonchev–Trinajstić information content (AvgIpc) is 2.96. The fourth-order valence-electron chi connectivity index (χ4n) is 2.26. The van der Waals surface area contributed by atoms with E-state index in [0.717, 1.165) is 32.8 Å². The van der Waals surface area contributed by atoms with Crippen LogP contribution in [0.15, 0.2) is 30.3 Å². The highest BCUT2D eigenvalue weighted by molar-refractivity contribution is 5.18. The van der Waals surface area contributed by atoms with E-state index in [4.69, 9.17) is 9.47 Å². The average molecular weight is 263 g/mol. The van der Waals surface area contributed by atoms with Crippen LogP contribution in [0.3, 0.4) is 0 Å². The van der Waals surface area contributed by atoms with Gasteiger partial charge in [-0.3, -0.25) is 0 Å². The highest BCUT2D eigenvalue weighted by Gasteiger charge is 2.17. The minimum atomic E-state index is 0.302. The summed E-state index contributed by atoms with van der Waals surface area (Å²) < 4.78 is 11.1. The van der Waals surface area contributed by atoms with E-state index in [9.17, 15) is 0 Å². The molecule has 3 atom stereocenters. The van der Waals surface area contributed by atoms with E-state index in [0.29, 0.717) is 18.1 Å². The molecule has 3 nitrogen and oxygen atoms in total. The minimum Gasteiger partial charge on any atom is -0.379 e. The van der Waals surface area contributed by atoms with Crippen molar-refractivity contribution in [3.05, 3.63) is 35.9 Å². The van der Waals surface area contributed by atoms with Gasteiger partial charge in [0.15, 0.2) is 0 Å². The molecule has 0 radical (unpaired) electrons. The number of ether oxygens (including phenoxy) is 2. The van der Waals surface area contributed by atoms with E-state index in [1.807, 2.05) is 0 Å². The van der Waals surface area contributed by atoms with Gasteiger partial charge in [-0.1, -0.05) is 37.3 Å². The monoisotopic (exact) mass is 263 g/mol. The third kappa shape index (κ3) is 4.94. The smallest absolute Gasteiger partial charge is 0.0831 e. The molecule has 2 rings (SSSR count). The van der Waals surface area contributed by atoms with Crippen molar-refractivity contribution in [2.45, 2.75) is 38.3 Å². The summed E-state index contributed by atoms with van der Waals surface area (Å²) in [5.74, 6) is 0.526. The summed E-state index contributed by atoms with van der Waals surface area (Å²) in [6.07, 6.45) is 1.34. The van der Waals surface area contributed by atoms with Crippen LogP contribution in [-0.4, -0.2) is 38.5 Å². The Balaban J connectivity index is 1.64. The molecule has 19 heavy (non-hydrogen) atoms. The fourth-order valence-corrected chi connectivity index (χ4v) is 2.26. The van der Waals surface area contributed by atoms with Crippen molar-refractivity contribution in [1.82, 2.24) is 5.32 Å². The first-order chi connectivity index (χ1) is 9.25. The number of hydrogen-bond donors (Lipinski definition) is 1. The SMILES string of the molecule is C[C@H](CO[C@@H]1CCOC1)NC[C@@H](C)c1ccccc1. The minimum absolute atomic E-state index is 0.302. The van der Waals surface area contributed by atoms with E-state index < -0.39 is 0 Å². The van der Waals surface area contributed by atoms with Gasteiger partial charge in [0, 0.05) is 19.2 Å². The van der Waals surface area contributed by atoms with Gasteiger partial charge < -0.3 is 14.8 Å². The molecular formula is C16H25NO2. The van der Waals surface area contributed by atoms with Crippen molar-refractivity contribution in [3.63, 3.8) is 0 Å². The standard InChI is InChI=1S/C16H25NO2/c1-13(15-6-4-3-5-7-15)10-17-14(2)11-19-16-8-9-18-12-16/h3-7,13-14,16-17H,8-12H2,1-2H3/t13-,14-,16-/m1/s1. The van der Waals surface area contributed by atoms with Crippen LogP contribution in [0.2, 0.25) is 0 Å². The number of rotatable bonds is 7. The Morgan fingerprint density at radius 3 is 2.79 bits per heavy atom. The zero-order valence-electron chi connectivity index (χ0n) is 12.0. The van der Waals surface area contributed by atoms with Crippen molar-refractivity contribution < 1.29 is 9.47 Å². The molecule has 0 saturated carbocycles. The van der Waals surface area contributed by atoms with Crippen molar-refractivity contribution in [3.8, 4) is 0 Å². The molecule has 1 aliphatic rings. The van der Waals surface area contributed by atoms with E-state index >= 15 is 0 Å². The molecule has 0 aliphatic carbocycles. The zero-order chi connectivity index (χ0) is 13.5. The van der Waals surface area contributed by atoms with E-state index in [2.05, 4.69) is 49.5 Å². The Kier molecular flexibility index (Phi) is 5.83. The first-order valence-electron chi connectivity index (χ1n) is 7.23. The van der Waals surface area contributed by atoms with E-state index in [1.54, 1.807) is 0 Å². The molecule has 0 bridgehead atoms. The molecule has 1 fully saturated rings. The van der Waals surface area contributed by atoms with E-state index in [1.165, 1.54) is 5.56 Å². The second-order valence-electron chi connectivity index (χ2n) is 5.44. The quantitative estimate of drug-likeness (QED) is 0.820. The topological polar surface area (TPSA) is 30.5 Å². The van der Waals surface area contributed by atoms with Crippen LogP contribution in [0.25, 0.3) is 0 Å². The molecule has 1 aromatic rings. The Bertz CT molecular complexity index is 349. The highest BCUT2D eigenvalue weighted by Crippen LogP contribution is 2.13. The highest BCUT2D eigenvalue weighted by atomic mass is 16.5. The maximum absolute atomic E-state index is 5.82. The molecule has 0 aromatic heterocycles. The first-order valence-corrected chi connectivity index (χ1v) is 7.23. The molecule has 1 saturated heterocycles. The normalized spacial score (nSPS) is 22.3. The molecule has 0 spiro atoms. The van der Waals surface area contributed by atoms with Gasteiger partial charge in [0.2, 0.25) is 0 Å². The molecule has 1 aliphatic heterocycles. The van der Waals surface area contributed by atoms with Crippen molar-refractivity contribution in [2.75, 3.05) is 26.4 Å². The molecule has 106 valence electrons.